The number of urea groups is 1. The smallest absolute Gasteiger partial charge is 0.412 e. The predicted molar refractivity (Wildman–Crippen MR) is 69.7 cm³/mol. The Morgan fingerprint density at radius 2 is 1.90 bits per heavy atom. The first-order valence-corrected chi connectivity index (χ1v) is 6.47. The second-order valence-electron chi connectivity index (χ2n) is 6.01. The van der Waals surface area contributed by atoms with E-state index in [1.54, 1.807) is 20.8 Å². The molecule has 8 heteroatoms. The van der Waals surface area contributed by atoms with E-state index in [-0.39, 0.29) is 19.5 Å². The number of hydrogen-bond acceptors (Lipinski definition) is 2. The predicted octanol–water partition coefficient (Wildman–Crippen LogP) is 2.39. The molecule has 1 atom stereocenters. The summed E-state index contributed by atoms with van der Waals surface area (Å²) in [5, 5.41) is 11.5. The van der Waals surface area contributed by atoms with Crippen LogP contribution in [0.5, 0.6) is 0 Å². The van der Waals surface area contributed by atoms with Gasteiger partial charge in [-0.05, 0) is 11.8 Å². The Kier molecular flexibility index (Phi) is 4.91. The molecule has 0 aromatic rings. The maximum absolute atomic E-state index is 12.5. The molecule has 5 nitrogen and oxygen atoms in total. The van der Waals surface area contributed by atoms with Crippen LogP contribution in [0.4, 0.5) is 18.0 Å². The van der Waals surface area contributed by atoms with E-state index in [1.165, 1.54) is 0 Å². The van der Waals surface area contributed by atoms with Crippen LogP contribution in [0.25, 0.3) is 0 Å². The maximum atomic E-state index is 12.5. The van der Waals surface area contributed by atoms with Crippen molar-refractivity contribution in [1.29, 1.82) is 0 Å². The molecule has 0 aromatic heterocycles. The highest BCUT2D eigenvalue weighted by Gasteiger charge is 2.37. The molecule has 0 saturated heterocycles. The third kappa shape index (κ3) is 4.64. The Morgan fingerprint density at radius 3 is 2.24 bits per heavy atom. The number of carbonyl (C=O) groups is 2. The Balaban J connectivity index is 2.70. The van der Waals surface area contributed by atoms with Crippen LogP contribution in [-0.4, -0.2) is 47.3 Å². The monoisotopic (exact) mass is 308 g/mol. The zero-order valence-corrected chi connectivity index (χ0v) is 12.1. The molecule has 120 valence electrons. The number of alkyl halides is 3. The minimum atomic E-state index is -4.38. The summed E-state index contributed by atoms with van der Waals surface area (Å²) in [6.45, 7) is 4.70. The lowest BCUT2D eigenvalue weighted by Gasteiger charge is -2.32. The molecule has 21 heavy (non-hydrogen) atoms. The summed E-state index contributed by atoms with van der Waals surface area (Å²) in [7, 11) is 0. The molecular formula is C13H19F3N2O3. The largest absolute Gasteiger partial charge is 0.480 e. The van der Waals surface area contributed by atoms with Gasteiger partial charge in [-0.3, -0.25) is 0 Å². The molecule has 1 aliphatic heterocycles. The van der Waals surface area contributed by atoms with Crippen molar-refractivity contribution >= 4 is 12.0 Å². The fourth-order valence-electron chi connectivity index (χ4n) is 1.97. The van der Waals surface area contributed by atoms with E-state index < -0.39 is 35.2 Å². The second-order valence-corrected chi connectivity index (χ2v) is 6.01. The topological polar surface area (TPSA) is 69.6 Å². The lowest BCUT2D eigenvalue weighted by molar-refractivity contribution is -0.142. The molecule has 1 aliphatic rings. The first kappa shape index (κ1) is 17.3. The molecule has 1 rings (SSSR count). The summed E-state index contributed by atoms with van der Waals surface area (Å²) in [4.78, 5) is 24.3. The summed E-state index contributed by atoms with van der Waals surface area (Å²) < 4.78 is 37.4. The van der Waals surface area contributed by atoms with Crippen molar-refractivity contribution in [1.82, 2.24) is 10.2 Å². The molecule has 0 aliphatic carbocycles. The first-order valence-electron chi connectivity index (χ1n) is 6.47. The third-order valence-electron chi connectivity index (χ3n) is 3.24. The summed E-state index contributed by atoms with van der Waals surface area (Å²) in [6, 6.07) is -1.78. The molecule has 0 spiro atoms. The van der Waals surface area contributed by atoms with Crippen LogP contribution in [0, 0.1) is 5.41 Å². The van der Waals surface area contributed by atoms with Crippen LogP contribution in [0.2, 0.25) is 0 Å². The van der Waals surface area contributed by atoms with Crippen LogP contribution >= 0.6 is 0 Å². The number of amides is 2. The third-order valence-corrected chi connectivity index (χ3v) is 3.24. The van der Waals surface area contributed by atoms with Gasteiger partial charge in [0.05, 0.1) is 0 Å². The van der Waals surface area contributed by atoms with E-state index in [0.29, 0.717) is 0 Å². The van der Waals surface area contributed by atoms with Gasteiger partial charge in [0.25, 0.3) is 0 Å². The van der Waals surface area contributed by atoms with Crippen molar-refractivity contribution in [3.63, 3.8) is 0 Å². The molecule has 0 radical (unpaired) electrons. The first-order chi connectivity index (χ1) is 9.43. The Morgan fingerprint density at radius 1 is 1.33 bits per heavy atom. The SMILES string of the molecule is CC(C)(C)[C@@H](NC(=O)N1CC=C(C(F)(F)F)CC1)C(=O)O. The Bertz CT molecular complexity index is 453. The minimum absolute atomic E-state index is 0.0896. The molecular weight excluding hydrogens is 289 g/mol. The van der Waals surface area contributed by atoms with Gasteiger partial charge in [-0.2, -0.15) is 13.2 Å². The van der Waals surface area contributed by atoms with E-state index in [1.807, 2.05) is 0 Å². The Hall–Kier alpha value is -1.73. The van der Waals surface area contributed by atoms with E-state index in [4.69, 9.17) is 5.11 Å². The summed E-state index contributed by atoms with van der Waals surface area (Å²) >= 11 is 0. The fraction of sp³-hybridized carbons (Fsp3) is 0.692. The highest BCUT2D eigenvalue weighted by Crippen LogP contribution is 2.30. The number of carbonyl (C=O) groups excluding carboxylic acids is 1. The summed E-state index contributed by atoms with van der Waals surface area (Å²) in [6.07, 6.45) is -3.71. The van der Waals surface area contributed by atoms with Crippen molar-refractivity contribution in [2.24, 2.45) is 5.41 Å². The van der Waals surface area contributed by atoms with Gasteiger partial charge in [0.1, 0.15) is 6.04 Å². The van der Waals surface area contributed by atoms with E-state index >= 15 is 0 Å². The highest BCUT2D eigenvalue weighted by atomic mass is 19.4. The number of nitrogens with one attached hydrogen (secondary N) is 1. The van der Waals surface area contributed by atoms with Crippen molar-refractivity contribution in [3.05, 3.63) is 11.6 Å². The zero-order chi connectivity index (χ0) is 16.4. The lowest BCUT2D eigenvalue weighted by atomic mass is 9.87. The van der Waals surface area contributed by atoms with Gasteiger partial charge in [0.15, 0.2) is 0 Å². The van der Waals surface area contributed by atoms with E-state index in [0.717, 1.165) is 11.0 Å². The molecule has 0 fully saturated rings. The molecule has 2 amide bonds. The van der Waals surface area contributed by atoms with Gasteiger partial charge in [-0.15, -0.1) is 0 Å². The summed E-state index contributed by atoms with van der Waals surface area (Å²) in [5.74, 6) is -1.18. The molecule has 0 saturated carbocycles. The standard InChI is InChI=1S/C13H19F3N2O3/c1-12(2,3)9(10(19)20)17-11(21)18-6-4-8(5-7-18)13(14,15)16/h4,9H,5-7H2,1-3H3,(H,17,21)(H,19,20)/t9-/m0/s1. The number of aliphatic carboxylic acids is 1. The fourth-order valence-corrected chi connectivity index (χ4v) is 1.97. The molecule has 0 unspecified atom stereocenters. The van der Waals surface area contributed by atoms with E-state index in [9.17, 15) is 22.8 Å². The van der Waals surface area contributed by atoms with Gasteiger partial charge in [-0.1, -0.05) is 26.8 Å². The minimum Gasteiger partial charge on any atom is -0.480 e. The molecule has 1 heterocycles. The van der Waals surface area contributed by atoms with Crippen LogP contribution < -0.4 is 5.32 Å². The van der Waals surface area contributed by atoms with Crippen LogP contribution in [0.15, 0.2) is 11.6 Å². The van der Waals surface area contributed by atoms with Crippen molar-refractivity contribution in [2.75, 3.05) is 13.1 Å². The van der Waals surface area contributed by atoms with Crippen LogP contribution in [0.1, 0.15) is 27.2 Å². The molecule has 0 bridgehead atoms. The highest BCUT2D eigenvalue weighted by molar-refractivity contribution is 5.83. The normalized spacial score (nSPS) is 18.0. The van der Waals surface area contributed by atoms with Crippen molar-refractivity contribution in [2.45, 2.75) is 39.4 Å². The van der Waals surface area contributed by atoms with Crippen LogP contribution in [0.3, 0.4) is 0 Å². The Labute approximate surface area is 120 Å². The quantitative estimate of drug-likeness (QED) is 0.770. The van der Waals surface area contributed by atoms with Gasteiger partial charge < -0.3 is 15.3 Å². The number of rotatable bonds is 2. The average Bonchev–Trinajstić information content (AvgIpc) is 2.33. The molecule has 0 aromatic carbocycles. The van der Waals surface area contributed by atoms with Gasteiger partial charge in [0, 0.05) is 18.7 Å². The zero-order valence-electron chi connectivity index (χ0n) is 12.1. The lowest BCUT2D eigenvalue weighted by Crippen LogP contribution is -2.54. The molecule has 2 N–H and O–H groups in total. The number of hydrogen-bond donors (Lipinski definition) is 2. The van der Waals surface area contributed by atoms with Crippen molar-refractivity contribution in [3.8, 4) is 0 Å². The number of halogens is 3. The van der Waals surface area contributed by atoms with Gasteiger partial charge in [0.2, 0.25) is 0 Å². The number of nitrogens with zero attached hydrogens (tertiary/aromatic N) is 1. The van der Waals surface area contributed by atoms with Crippen LogP contribution in [-0.2, 0) is 4.79 Å². The van der Waals surface area contributed by atoms with Gasteiger partial charge >= 0.3 is 18.2 Å². The summed E-state index contributed by atoms with van der Waals surface area (Å²) in [5.41, 5.74) is -1.36. The number of carboxylic acids is 1. The van der Waals surface area contributed by atoms with E-state index in [2.05, 4.69) is 5.32 Å². The average molecular weight is 308 g/mol. The number of carboxylic acid groups (broad SMARTS) is 1. The van der Waals surface area contributed by atoms with Crippen molar-refractivity contribution < 1.29 is 27.9 Å². The van der Waals surface area contributed by atoms with Gasteiger partial charge in [-0.25, -0.2) is 9.59 Å². The second kappa shape index (κ2) is 5.95. The maximum Gasteiger partial charge on any atom is 0.412 e.